The Hall–Kier alpha value is -3.07. The van der Waals surface area contributed by atoms with E-state index in [1.807, 2.05) is 12.1 Å². The first-order valence-electron chi connectivity index (χ1n) is 8.50. The zero-order valence-corrected chi connectivity index (χ0v) is 14.3. The number of aromatic amines is 1. The molecule has 0 aliphatic rings. The Balaban J connectivity index is 1.72. The summed E-state index contributed by atoms with van der Waals surface area (Å²) in [7, 11) is 1.69. The molecule has 0 spiro atoms. The van der Waals surface area contributed by atoms with Gasteiger partial charge in [0.15, 0.2) is 11.0 Å². The molecular formula is C22H21N2O+. The fraction of sp³-hybridized carbons (Fsp3) is 0.136. The molecule has 0 amide bonds. The molecule has 3 nitrogen and oxygen atoms in total. The minimum absolute atomic E-state index is 0.853. The quantitative estimate of drug-likeness (QED) is 0.549. The predicted octanol–water partition coefficient (Wildman–Crippen LogP) is 4.10. The molecule has 1 aromatic heterocycles. The van der Waals surface area contributed by atoms with Gasteiger partial charge < -0.3 is 4.74 Å². The third kappa shape index (κ3) is 3.26. The first-order valence-corrected chi connectivity index (χ1v) is 8.50. The Morgan fingerprint density at radius 1 is 0.800 bits per heavy atom. The number of nitrogens with zero attached hydrogens (tertiary/aromatic N) is 1. The van der Waals surface area contributed by atoms with E-state index < -0.39 is 0 Å². The van der Waals surface area contributed by atoms with E-state index in [0.29, 0.717) is 0 Å². The maximum Gasteiger partial charge on any atom is 0.259 e. The summed E-state index contributed by atoms with van der Waals surface area (Å²) in [5, 5.41) is 0. The van der Waals surface area contributed by atoms with E-state index in [1.54, 1.807) is 7.11 Å². The number of benzene rings is 3. The summed E-state index contributed by atoms with van der Waals surface area (Å²) in [4.78, 5) is 3.59. The minimum Gasteiger partial charge on any atom is -0.497 e. The summed E-state index contributed by atoms with van der Waals surface area (Å²) in [5.41, 5.74) is 4.96. The highest BCUT2D eigenvalue weighted by atomic mass is 16.5. The van der Waals surface area contributed by atoms with Crippen LogP contribution in [-0.4, -0.2) is 12.1 Å². The van der Waals surface area contributed by atoms with Crippen molar-refractivity contribution in [3.8, 4) is 5.75 Å². The van der Waals surface area contributed by atoms with Crippen LogP contribution in [0, 0.1) is 0 Å². The molecule has 1 heterocycles. The van der Waals surface area contributed by atoms with E-state index >= 15 is 0 Å². The molecule has 0 aliphatic heterocycles. The highest BCUT2D eigenvalue weighted by Crippen LogP contribution is 2.16. The summed E-state index contributed by atoms with van der Waals surface area (Å²) < 4.78 is 7.63. The summed E-state index contributed by atoms with van der Waals surface area (Å²) in [6, 6.07) is 27.3. The van der Waals surface area contributed by atoms with E-state index in [1.165, 1.54) is 28.0 Å². The number of nitrogens with one attached hydrogen (secondary N) is 1. The van der Waals surface area contributed by atoms with Gasteiger partial charge in [0.25, 0.3) is 5.82 Å². The normalized spacial score (nSPS) is 10.9. The molecule has 0 fully saturated rings. The fourth-order valence-electron chi connectivity index (χ4n) is 3.21. The van der Waals surface area contributed by atoms with Gasteiger partial charge in [-0.05, 0) is 35.4 Å². The van der Waals surface area contributed by atoms with Crippen LogP contribution < -0.4 is 9.30 Å². The van der Waals surface area contributed by atoms with Gasteiger partial charge in [0.1, 0.15) is 12.3 Å². The topological polar surface area (TPSA) is 28.9 Å². The molecule has 1 N–H and O–H groups in total. The number of hydrogen-bond donors (Lipinski definition) is 1. The largest absolute Gasteiger partial charge is 0.497 e. The van der Waals surface area contributed by atoms with Gasteiger partial charge in [0, 0.05) is 0 Å². The smallest absolute Gasteiger partial charge is 0.259 e. The van der Waals surface area contributed by atoms with E-state index in [4.69, 9.17) is 4.74 Å². The zero-order valence-electron chi connectivity index (χ0n) is 14.3. The van der Waals surface area contributed by atoms with Crippen molar-refractivity contribution in [2.75, 3.05) is 7.11 Å². The zero-order chi connectivity index (χ0) is 17.1. The van der Waals surface area contributed by atoms with Crippen molar-refractivity contribution in [3.05, 3.63) is 95.8 Å². The first-order chi connectivity index (χ1) is 12.3. The lowest BCUT2D eigenvalue weighted by atomic mass is 10.1. The van der Waals surface area contributed by atoms with Gasteiger partial charge in [-0.3, -0.25) is 0 Å². The lowest BCUT2D eigenvalue weighted by Gasteiger charge is -2.04. The van der Waals surface area contributed by atoms with Crippen LogP contribution in [0.3, 0.4) is 0 Å². The van der Waals surface area contributed by atoms with E-state index in [2.05, 4.69) is 76.3 Å². The van der Waals surface area contributed by atoms with Crippen LogP contribution in [-0.2, 0) is 13.0 Å². The van der Waals surface area contributed by atoms with Crippen LogP contribution in [0.5, 0.6) is 5.75 Å². The highest BCUT2D eigenvalue weighted by molar-refractivity contribution is 5.71. The Morgan fingerprint density at radius 2 is 1.52 bits per heavy atom. The lowest BCUT2D eigenvalue weighted by molar-refractivity contribution is -0.669. The molecule has 3 aromatic carbocycles. The molecule has 0 radical (unpaired) electrons. The van der Waals surface area contributed by atoms with Crippen molar-refractivity contribution in [2.24, 2.45) is 0 Å². The van der Waals surface area contributed by atoms with Gasteiger partial charge >= 0.3 is 0 Å². The number of ether oxygens (including phenoxy) is 1. The second kappa shape index (κ2) is 6.81. The van der Waals surface area contributed by atoms with Gasteiger partial charge in [0.05, 0.1) is 13.5 Å². The summed E-state index contributed by atoms with van der Waals surface area (Å²) in [5.74, 6) is 2.09. The van der Waals surface area contributed by atoms with Gasteiger partial charge in [0.2, 0.25) is 0 Å². The molecule has 0 saturated heterocycles. The Morgan fingerprint density at radius 3 is 2.28 bits per heavy atom. The fourth-order valence-corrected chi connectivity index (χ4v) is 3.21. The number of imidazole rings is 1. The lowest BCUT2D eigenvalue weighted by Crippen LogP contribution is -2.37. The molecule has 0 aliphatic carbocycles. The standard InChI is InChI=1S/C22H20N2O/c1-25-19-13-11-17(12-14-19)15-22-23-20-9-5-6-10-21(20)24(22)16-18-7-3-2-4-8-18/h2-14H,15-16H2,1H3/p+1. The summed E-state index contributed by atoms with van der Waals surface area (Å²) in [6.07, 6.45) is 0.853. The summed E-state index contributed by atoms with van der Waals surface area (Å²) >= 11 is 0. The van der Waals surface area contributed by atoms with E-state index in [9.17, 15) is 0 Å². The molecule has 25 heavy (non-hydrogen) atoms. The number of fused-ring (bicyclic) bond motifs is 1. The minimum atomic E-state index is 0.853. The average molecular weight is 329 g/mol. The monoisotopic (exact) mass is 329 g/mol. The molecule has 124 valence electrons. The first kappa shape index (κ1) is 15.5. The summed E-state index contributed by atoms with van der Waals surface area (Å²) in [6.45, 7) is 0.857. The van der Waals surface area contributed by atoms with Crippen molar-refractivity contribution in [3.63, 3.8) is 0 Å². The number of H-pyrrole nitrogens is 1. The second-order valence-corrected chi connectivity index (χ2v) is 6.19. The van der Waals surface area contributed by atoms with Crippen molar-refractivity contribution < 1.29 is 9.30 Å². The maximum absolute atomic E-state index is 5.26. The number of aromatic nitrogens is 2. The number of rotatable bonds is 5. The average Bonchev–Trinajstić information content (AvgIpc) is 3.00. The molecule has 4 rings (SSSR count). The maximum atomic E-state index is 5.26. The number of hydrogen-bond acceptors (Lipinski definition) is 1. The van der Waals surface area contributed by atoms with Crippen molar-refractivity contribution in [1.29, 1.82) is 0 Å². The van der Waals surface area contributed by atoms with Crippen LogP contribution in [0.1, 0.15) is 17.0 Å². The van der Waals surface area contributed by atoms with Crippen molar-refractivity contribution in [2.45, 2.75) is 13.0 Å². The second-order valence-electron chi connectivity index (χ2n) is 6.19. The molecule has 4 aromatic rings. The van der Waals surface area contributed by atoms with Crippen LogP contribution in [0.4, 0.5) is 0 Å². The van der Waals surface area contributed by atoms with Crippen LogP contribution in [0.2, 0.25) is 0 Å². The van der Waals surface area contributed by atoms with Gasteiger partial charge in [-0.1, -0.05) is 54.6 Å². The van der Waals surface area contributed by atoms with Gasteiger partial charge in [-0.25, -0.2) is 9.55 Å². The third-order valence-electron chi connectivity index (χ3n) is 4.51. The van der Waals surface area contributed by atoms with Crippen molar-refractivity contribution in [1.82, 2.24) is 4.98 Å². The molecule has 0 atom stereocenters. The molecule has 0 saturated carbocycles. The molecule has 0 unspecified atom stereocenters. The van der Waals surface area contributed by atoms with Crippen LogP contribution in [0.15, 0.2) is 78.9 Å². The van der Waals surface area contributed by atoms with Crippen LogP contribution in [0.25, 0.3) is 11.0 Å². The molecule has 3 heteroatoms. The molecular weight excluding hydrogens is 308 g/mol. The SMILES string of the molecule is COc1ccc(Cc2[nH]c3ccccc3[n+]2Cc2ccccc2)cc1. The van der Waals surface area contributed by atoms with Crippen molar-refractivity contribution >= 4 is 11.0 Å². The Bertz CT molecular complexity index is 972. The van der Waals surface area contributed by atoms with Crippen LogP contribution >= 0.6 is 0 Å². The van der Waals surface area contributed by atoms with Gasteiger partial charge in [-0.15, -0.1) is 0 Å². The predicted molar refractivity (Wildman–Crippen MR) is 99.8 cm³/mol. The Kier molecular flexibility index (Phi) is 4.21. The van der Waals surface area contributed by atoms with E-state index in [-0.39, 0.29) is 0 Å². The highest BCUT2D eigenvalue weighted by Gasteiger charge is 2.18. The third-order valence-corrected chi connectivity index (χ3v) is 4.51. The number of para-hydroxylation sites is 2. The molecule has 0 bridgehead atoms. The van der Waals surface area contributed by atoms with Gasteiger partial charge in [-0.2, -0.15) is 0 Å². The Labute approximate surface area is 147 Å². The number of methoxy groups -OCH3 is 1. The van der Waals surface area contributed by atoms with E-state index in [0.717, 1.165) is 18.7 Å².